The summed E-state index contributed by atoms with van der Waals surface area (Å²) in [4.78, 5) is 11.2. The van der Waals surface area contributed by atoms with Gasteiger partial charge in [0.05, 0.1) is 21.3 Å². The van der Waals surface area contributed by atoms with Gasteiger partial charge in [0, 0.05) is 17.8 Å². The van der Waals surface area contributed by atoms with Gasteiger partial charge in [0.15, 0.2) is 11.5 Å². The number of hydrogen-bond donors (Lipinski definition) is 2. The smallest absolute Gasteiger partial charge is 0.326 e. The van der Waals surface area contributed by atoms with Gasteiger partial charge >= 0.3 is 5.97 Å². The molecule has 0 aliphatic rings. The van der Waals surface area contributed by atoms with E-state index in [1.807, 2.05) is 6.92 Å². The molecule has 0 aliphatic carbocycles. The third-order valence-corrected chi connectivity index (χ3v) is 2.88. The van der Waals surface area contributed by atoms with Gasteiger partial charge in [-0.25, -0.2) is 4.79 Å². The Balaban J connectivity index is 3.09. The van der Waals surface area contributed by atoms with E-state index in [2.05, 4.69) is 5.32 Å². The van der Waals surface area contributed by atoms with Crippen LogP contribution in [0.25, 0.3) is 0 Å². The summed E-state index contributed by atoms with van der Waals surface area (Å²) >= 11 is 0. The maximum Gasteiger partial charge on any atom is 0.326 e. The largest absolute Gasteiger partial charge is 0.493 e. The van der Waals surface area contributed by atoms with Crippen LogP contribution in [0.5, 0.6) is 17.2 Å². The third kappa shape index (κ3) is 3.69. The molecule has 6 nitrogen and oxygen atoms in total. The SMILES string of the molecule is CCCC(Nc1cc(OC)c(OC)c(OC)c1)C(=O)O. The van der Waals surface area contributed by atoms with Crippen molar-refractivity contribution in [1.82, 2.24) is 0 Å². The number of benzene rings is 1. The van der Waals surface area contributed by atoms with E-state index in [1.165, 1.54) is 21.3 Å². The molecule has 1 rings (SSSR count). The van der Waals surface area contributed by atoms with Crippen LogP contribution < -0.4 is 19.5 Å². The Labute approximate surface area is 118 Å². The maximum absolute atomic E-state index is 11.2. The highest BCUT2D eigenvalue weighted by Crippen LogP contribution is 2.40. The molecule has 20 heavy (non-hydrogen) atoms. The number of carboxylic acid groups (broad SMARTS) is 1. The molecule has 0 saturated heterocycles. The molecule has 0 heterocycles. The van der Waals surface area contributed by atoms with Gasteiger partial charge in [-0.3, -0.25) is 0 Å². The molecule has 0 saturated carbocycles. The molecule has 0 aliphatic heterocycles. The minimum absolute atomic E-state index is 0.475. The van der Waals surface area contributed by atoms with Gasteiger partial charge in [-0.1, -0.05) is 13.3 Å². The summed E-state index contributed by atoms with van der Waals surface area (Å²) < 4.78 is 15.7. The fraction of sp³-hybridized carbons (Fsp3) is 0.500. The van der Waals surface area contributed by atoms with Crippen molar-refractivity contribution in [1.29, 1.82) is 0 Å². The molecule has 1 unspecified atom stereocenters. The first-order valence-electron chi connectivity index (χ1n) is 6.36. The van der Waals surface area contributed by atoms with Gasteiger partial charge in [-0.15, -0.1) is 0 Å². The third-order valence-electron chi connectivity index (χ3n) is 2.88. The topological polar surface area (TPSA) is 77.0 Å². The van der Waals surface area contributed by atoms with E-state index in [4.69, 9.17) is 19.3 Å². The monoisotopic (exact) mass is 283 g/mol. The molecule has 0 spiro atoms. The lowest BCUT2D eigenvalue weighted by atomic mass is 10.1. The zero-order valence-electron chi connectivity index (χ0n) is 12.2. The fourth-order valence-corrected chi connectivity index (χ4v) is 1.91. The first-order chi connectivity index (χ1) is 9.57. The molecule has 112 valence electrons. The van der Waals surface area contributed by atoms with Gasteiger partial charge in [0.2, 0.25) is 5.75 Å². The second kappa shape index (κ2) is 7.47. The number of nitrogens with one attached hydrogen (secondary N) is 1. The van der Waals surface area contributed by atoms with Crippen molar-refractivity contribution < 1.29 is 24.1 Å². The standard InChI is InChI=1S/C14H21NO5/c1-5-6-10(14(16)17)15-9-7-11(18-2)13(20-4)12(8-9)19-3/h7-8,10,15H,5-6H2,1-4H3,(H,16,17). The number of methoxy groups -OCH3 is 3. The average Bonchev–Trinajstić information content (AvgIpc) is 2.45. The summed E-state index contributed by atoms with van der Waals surface area (Å²) in [5, 5.41) is 12.1. The Morgan fingerprint density at radius 2 is 1.75 bits per heavy atom. The van der Waals surface area contributed by atoms with E-state index in [0.29, 0.717) is 29.4 Å². The lowest BCUT2D eigenvalue weighted by Gasteiger charge is -2.18. The summed E-state index contributed by atoms with van der Waals surface area (Å²) in [7, 11) is 4.55. The summed E-state index contributed by atoms with van der Waals surface area (Å²) in [6, 6.07) is 2.72. The lowest BCUT2D eigenvalue weighted by Crippen LogP contribution is -2.28. The number of anilines is 1. The normalized spacial score (nSPS) is 11.6. The number of carbonyl (C=O) groups is 1. The van der Waals surface area contributed by atoms with Gasteiger partial charge in [0.25, 0.3) is 0 Å². The number of aliphatic carboxylic acids is 1. The van der Waals surface area contributed by atoms with Gasteiger partial charge in [0.1, 0.15) is 6.04 Å². The van der Waals surface area contributed by atoms with E-state index >= 15 is 0 Å². The number of hydrogen-bond acceptors (Lipinski definition) is 5. The molecule has 0 aromatic heterocycles. The van der Waals surface area contributed by atoms with E-state index in [0.717, 1.165) is 6.42 Å². The Morgan fingerprint density at radius 3 is 2.10 bits per heavy atom. The molecular weight excluding hydrogens is 262 g/mol. The predicted octanol–water partition coefficient (Wildman–Crippen LogP) is 2.38. The molecule has 1 aromatic rings. The van der Waals surface area contributed by atoms with Crippen molar-refractivity contribution >= 4 is 11.7 Å². The molecule has 0 fully saturated rings. The van der Waals surface area contributed by atoms with Crippen molar-refractivity contribution in [2.24, 2.45) is 0 Å². The van der Waals surface area contributed by atoms with Gasteiger partial charge in [-0.2, -0.15) is 0 Å². The van der Waals surface area contributed by atoms with Crippen LogP contribution in [0, 0.1) is 0 Å². The highest BCUT2D eigenvalue weighted by atomic mass is 16.5. The van der Waals surface area contributed by atoms with E-state index in [1.54, 1.807) is 12.1 Å². The van der Waals surface area contributed by atoms with E-state index in [-0.39, 0.29) is 0 Å². The second-order valence-corrected chi connectivity index (χ2v) is 4.24. The van der Waals surface area contributed by atoms with Gasteiger partial charge < -0.3 is 24.6 Å². The molecule has 0 bridgehead atoms. The van der Waals surface area contributed by atoms with Crippen LogP contribution in [0.4, 0.5) is 5.69 Å². The minimum Gasteiger partial charge on any atom is -0.493 e. The van der Waals surface area contributed by atoms with Crippen LogP contribution in [0.2, 0.25) is 0 Å². The first-order valence-corrected chi connectivity index (χ1v) is 6.36. The number of ether oxygens (including phenoxy) is 3. The Morgan fingerprint density at radius 1 is 1.20 bits per heavy atom. The van der Waals surface area contributed by atoms with Crippen molar-refractivity contribution in [3.63, 3.8) is 0 Å². The van der Waals surface area contributed by atoms with Crippen LogP contribution in [-0.4, -0.2) is 38.4 Å². The second-order valence-electron chi connectivity index (χ2n) is 4.24. The lowest BCUT2D eigenvalue weighted by molar-refractivity contribution is -0.138. The van der Waals surface area contributed by atoms with Crippen molar-refractivity contribution in [2.75, 3.05) is 26.6 Å². The molecule has 1 aromatic carbocycles. The van der Waals surface area contributed by atoms with Crippen molar-refractivity contribution in [3.05, 3.63) is 12.1 Å². The Hall–Kier alpha value is -2.11. The zero-order chi connectivity index (χ0) is 15.1. The zero-order valence-corrected chi connectivity index (χ0v) is 12.2. The van der Waals surface area contributed by atoms with Crippen molar-refractivity contribution in [2.45, 2.75) is 25.8 Å². The van der Waals surface area contributed by atoms with E-state index in [9.17, 15) is 4.79 Å². The maximum atomic E-state index is 11.2. The Kier molecular flexibility index (Phi) is 5.96. The highest BCUT2D eigenvalue weighted by molar-refractivity contribution is 5.78. The summed E-state index contributed by atoms with van der Waals surface area (Å²) in [5.74, 6) is 0.550. The molecule has 1 atom stereocenters. The first kappa shape index (κ1) is 15.9. The summed E-state index contributed by atoms with van der Waals surface area (Å²) in [5.41, 5.74) is 0.611. The molecule has 0 radical (unpaired) electrons. The predicted molar refractivity (Wildman–Crippen MR) is 76.1 cm³/mol. The average molecular weight is 283 g/mol. The summed E-state index contributed by atoms with van der Waals surface area (Å²) in [6.07, 6.45) is 1.31. The molecule has 6 heteroatoms. The van der Waals surface area contributed by atoms with Gasteiger partial charge in [-0.05, 0) is 6.42 Å². The minimum atomic E-state index is -0.888. The Bertz CT molecular complexity index is 436. The summed E-state index contributed by atoms with van der Waals surface area (Å²) in [6.45, 7) is 1.94. The molecule has 2 N–H and O–H groups in total. The fourth-order valence-electron chi connectivity index (χ4n) is 1.91. The van der Waals surface area contributed by atoms with E-state index < -0.39 is 12.0 Å². The molecular formula is C14H21NO5. The number of carboxylic acids is 1. The van der Waals surface area contributed by atoms with Crippen LogP contribution in [0.1, 0.15) is 19.8 Å². The number of rotatable bonds is 8. The van der Waals surface area contributed by atoms with Crippen LogP contribution >= 0.6 is 0 Å². The van der Waals surface area contributed by atoms with Crippen LogP contribution in [-0.2, 0) is 4.79 Å². The quantitative estimate of drug-likeness (QED) is 0.762. The van der Waals surface area contributed by atoms with Crippen molar-refractivity contribution in [3.8, 4) is 17.2 Å². The molecule has 0 amide bonds. The van der Waals surface area contributed by atoms with Crippen LogP contribution in [0.15, 0.2) is 12.1 Å². The highest BCUT2D eigenvalue weighted by Gasteiger charge is 2.19. The van der Waals surface area contributed by atoms with Crippen LogP contribution in [0.3, 0.4) is 0 Å².